The van der Waals surface area contributed by atoms with Crippen LogP contribution in [0.15, 0.2) is 53.4 Å². The zero-order valence-electron chi connectivity index (χ0n) is 11.1. The second-order valence-corrected chi connectivity index (χ2v) is 5.98. The van der Waals surface area contributed by atoms with Crippen molar-refractivity contribution in [2.75, 3.05) is 4.90 Å². The summed E-state index contributed by atoms with van der Waals surface area (Å²) in [5, 5.41) is 0.136. The van der Waals surface area contributed by atoms with Gasteiger partial charge in [0.25, 0.3) is 11.1 Å². The van der Waals surface area contributed by atoms with Crippen LogP contribution >= 0.6 is 23.4 Å². The first-order chi connectivity index (χ1) is 10.5. The second kappa shape index (κ2) is 5.94. The van der Waals surface area contributed by atoms with Gasteiger partial charge in [-0.25, -0.2) is 9.29 Å². The lowest BCUT2D eigenvalue weighted by molar-refractivity contribution is -0.113. The van der Waals surface area contributed by atoms with Crippen molar-refractivity contribution in [2.24, 2.45) is 0 Å². The lowest BCUT2D eigenvalue weighted by atomic mass is 10.2. The Morgan fingerprint density at radius 1 is 1.09 bits per heavy atom. The molecule has 2 aromatic rings. The number of benzene rings is 2. The summed E-state index contributed by atoms with van der Waals surface area (Å²) in [4.78, 5) is 25.8. The molecule has 0 aromatic heterocycles. The van der Waals surface area contributed by atoms with Gasteiger partial charge in [-0.1, -0.05) is 23.7 Å². The first-order valence-corrected chi connectivity index (χ1v) is 7.53. The van der Waals surface area contributed by atoms with Gasteiger partial charge in [0.1, 0.15) is 5.82 Å². The molecule has 0 bridgehead atoms. The predicted octanol–water partition coefficient (Wildman–Crippen LogP) is 4.72. The van der Waals surface area contributed by atoms with Gasteiger partial charge >= 0.3 is 0 Å². The quantitative estimate of drug-likeness (QED) is 0.746. The summed E-state index contributed by atoms with van der Waals surface area (Å²) in [5.41, 5.74) is 1.08. The van der Waals surface area contributed by atoms with Crippen molar-refractivity contribution in [3.05, 3.63) is 69.8 Å². The summed E-state index contributed by atoms with van der Waals surface area (Å²) in [7, 11) is 0. The van der Waals surface area contributed by atoms with Crippen LogP contribution in [-0.4, -0.2) is 11.1 Å². The lowest BCUT2D eigenvalue weighted by Crippen LogP contribution is -2.27. The van der Waals surface area contributed by atoms with Gasteiger partial charge in [-0.2, -0.15) is 0 Å². The Hall–Kier alpha value is -2.11. The summed E-state index contributed by atoms with van der Waals surface area (Å²) in [6.45, 7) is 0. The number of halogens is 2. The van der Waals surface area contributed by atoms with Crippen LogP contribution in [0.1, 0.15) is 5.56 Å². The van der Waals surface area contributed by atoms with E-state index < -0.39 is 17.0 Å². The molecule has 3 rings (SSSR count). The number of hydrogen-bond acceptors (Lipinski definition) is 3. The maximum Gasteiger partial charge on any atom is 0.298 e. The molecule has 6 heteroatoms. The van der Waals surface area contributed by atoms with Crippen molar-refractivity contribution in [1.29, 1.82) is 0 Å². The number of carbonyl (C=O) groups excluding carboxylic acids is 2. The topological polar surface area (TPSA) is 37.4 Å². The fourth-order valence-corrected chi connectivity index (χ4v) is 3.07. The van der Waals surface area contributed by atoms with Crippen LogP contribution in [0, 0.1) is 5.82 Å². The minimum Gasteiger partial charge on any atom is -0.268 e. The van der Waals surface area contributed by atoms with Gasteiger partial charge in [-0.05, 0) is 59.8 Å². The lowest BCUT2D eigenvalue weighted by Gasteiger charge is -2.11. The van der Waals surface area contributed by atoms with Gasteiger partial charge in [0, 0.05) is 5.02 Å². The number of carbonyl (C=O) groups is 2. The molecule has 0 spiro atoms. The third-order valence-corrected chi connectivity index (χ3v) is 4.13. The van der Waals surface area contributed by atoms with E-state index in [9.17, 15) is 14.0 Å². The van der Waals surface area contributed by atoms with Crippen LogP contribution in [0.3, 0.4) is 0 Å². The Bertz CT molecular complexity index is 789. The highest BCUT2D eigenvalue weighted by Gasteiger charge is 2.36. The van der Waals surface area contributed by atoms with E-state index in [1.165, 1.54) is 24.3 Å². The molecule has 2 amide bonds. The van der Waals surface area contributed by atoms with Crippen LogP contribution in [0.4, 0.5) is 14.9 Å². The third-order valence-electron chi connectivity index (χ3n) is 3.02. The average molecular weight is 334 g/mol. The normalized spacial score (nSPS) is 16.6. The van der Waals surface area contributed by atoms with E-state index >= 15 is 0 Å². The predicted molar refractivity (Wildman–Crippen MR) is 86.3 cm³/mol. The van der Waals surface area contributed by atoms with E-state index in [2.05, 4.69) is 0 Å². The summed E-state index contributed by atoms with van der Waals surface area (Å²) in [6, 6.07) is 12.2. The highest BCUT2D eigenvalue weighted by atomic mass is 35.5. The molecule has 1 fully saturated rings. The molecular weight excluding hydrogens is 325 g/mol. The molecule has 3 nitrogen and oxygen atoms in total. The van der Waals surface area contributed by atoms with E-state index in [4.69, 9.17) is 11.6 Å². The monoisotopic (exact) mass is 333 g/mol. The van der Waals surface area contributed by atoms with Crippen LogP contribution in [-0.2, 0) is 4.79 Å². The van der Waals surface area contributed by atoms with Crippen molar-refractivity contribution >= 4 is 46.3 Å². The van der Waals surface area contributed by atoms with Crippen molar-refractivity contribution in [2.45, 2.75) is 0 Å². The molecule has 1 saturated heterocycles. The third kappa shape index (κ3) is 2.91. The highest BCUT2D eigenvalue weighted by Crippen LogP contribution is 2.35. The number of rotatable bonds is 2. The first-order valence-electron chi connectivity index (χ1n) is 6.34. The van der Waals surface area contributed by atoms with Gasteiger partial charge in [0.05, 0.1) is 10.6 Å². The fraction of sp³-hybridized carbons (Fsp3) is 0. The molecule has 0 atom stereocenters. The standard InChI is InChI=1S/C16H9ClFNO2S/c17-11-3-1-2-10(8-11)9-14-15(20)19(16(21)22-14)13-6-4-12(18)5-7-13/h1-9H/b14-9-. The van der Waals surface area contributed by atoms with E-state index in [0.717, 1.165) is 22.2 Å². The molecular formula is C16H9ClFNO2S. The summed E-state index contributed by atoms with van der Waals surface area (Å²) in [5.74, 6) is -0.855. The van der Waals surface area contributed by atoms with Crippen LogP contribution < -0.4 is 4.90 Å². The molecule has 1 aliphatic rings. The van der Waals surface area contributed by atoms with E-state index in [1.807, 2.05) is 0 Å². The molecule has 110 valence electrons. The maximum atomic E-state index is 13.0. The molecule has 22 heavy (non-hydrogen) atoms. The zero-order chi connectivity index (χ0) is 15.7. The van der Waals surface area contributed by atoms with Crippen LogP contribution in [0.2, 0.25) is 5.02 Å². The van der Waals surface area contributed by atoms with E-state index in [1.54, 1.807) is 30.3 Å². The Morgan fingerprint density at radius 2 is 1.82 bits per heavy atom. The Kier molecular flexibility index (Phi) is 4.00. The minimum atomic E-state index is -0.429. The molecule has 1 aliphatic heterocycles. The molecule has 0 unspecified atom stereocenters. The second-order valence-electron chi connectivity index (χ2n) is 4.55. The first kappa shape index (κ1) is 14.8. The minimum absolute atomic E-state index is 0.302. The van der Waals surface area contributed by atoms with E-state index in [-0.39, 0.29) is 0 Å². The largest absolute Gasteiger partial charge is 0.298 e. The van der Waals surface area contributed by atoms with Crippen molar-refractivity contribution in [3.8, 4) is 0 Å². The zero-order valence-corrected chi connectivity index (χ0v) is 12.7. The van der Waals surface area contributed by atoms with Gasteiger partial charge < -0.3 is 0 Å². The Morgan fingerprint density at radius 3 is 2.50 bits per heavy atom. The molecule has 0 N–H and O–H groups in total. The number of thioether (sulfide) groups is 1. The highest BCUT2D eigenvalue weighted by molar-refractivity contribution is 8.19. The van der Waals surface area contributed by atoms with Gasteiger partial charge in [-0.3, -0.25) is 9.59 Å². The number of imide groups is 1. The average Bonchev–Trinajstić information content (AvgIpc) is 2.75. The SMILES string of the molecule is O=C1S/C(=C\c2cccc(Cl)c2)C(=O)N1c1ccc(F)cc1. The van der Waals surface area contributed by atoms with Crippen LogP contribution in [0.25, 0.3) is 6.08 Å². The van der Waals surface area contributed by atoms with Gasteiger partial charge in [0.15, 0.2) is 0 Å². The smallest absolute Gasteiger partial charge is 0.268 e. The van der Waals surface area contributed by atoms with Crippen molar-refractivity contribution < 1.29 is 14.0 Å². The molecule has 0 saturated carbocycles. The number of nitrogens with zero attached hydrogens (tertiary/aromatic N) is 1. The fourth-order valence-electron chi connectivity index (χ4n) is 2.03. The van der Waals surface area contributed by atoms with Crippen LogP contribution in [0.5, 0.6) is 0 Å². The van der Waals surface area contributed by atoms with E-state index in [0.29, 0.717) is 15.6 Å². The molecule has 1 heterocycles. The Labute approximate surface area is 135 Å². The van der Waals surface area contributed by atoms with Crippen molar-refractivity contribution in [3.63, 3.8) is 0 Å². The van der Waals surface area contributed by atoms with Gasteiger partial charge in [0.2, 0.25) is 0 Å². The maximum absolute atomic E-state index is 13.0. The summed E-state index contributed by atoms with van der Waals surface area (Å²) >= 11 is 6.74. The molecule has 0 radical (unpaired) electrons. The number of hydrogen-bond donors (Lipinski definition) is 0. The summed E-state index contributed by atoms with van der Waals surface area (Å²) in [6.07, 6.45) is 1.61. The van der Waals surface area contributed by atoms with Gasteiger partial charge in [-0.15, -0.1) is 0 Å². The molecule has 2 aromatic carbocycles. The Balaban J connectivity index is 1.93. The number of anilines is 1. The van der Waals surface area contributed by atoms with Crippen molar-refractivity contribution in [1.82, 2.24) is 0 Å². The molecule has 0 aliphatic carbocycles. The number of amides is 2. The summed E-state index contributed by atoms with van der Waals surface area (Å²) < 4.78 is 13.0.